The number of aromatic nitrogens is 4. The molecule has 0 saturated heterocycles. The Morgan fingerprint density at radius 3 is 3.00 bits per heavy atom. The van der Waals surface area contributed by atoms with E-state index in [1.165, 1.54) is 6.33 Å². The summed E-state index contributed by atoms with van der Waals surface area (Å²) in [4.78, 5) is 15.5. The average molecular weight is 246 g/mol. The summed E-state index contributed by atoms with van der Waals surface area (Å²) in [6.45, 7) is 3.86. The Kier molecular flexibility index (Phi) is 2.61. The number of aromatic amines is 1. The van der Waals surface area contributed by atoms with Crippen molar-refractivity contribution >= 4 is 11.2 Å². The Morgan fingerprint density at radius 2 is 2.33 bits per heavy atom. The second kappa shape index (κ2) is 4.15. The molecule has 0 amide bonds. The zero-order chi connectivity index (χ0) is 12.7. The highest BCUT2D eigenvalue weighted by Gasteiger charge is 2.38. The van der Waals surface area contributed by atoms with Gasteiger partial charge in [0.2, 0.25) is 0 Å². The minimum atomic E-state index is -0.667. The lowest BCUT2D eigenvalue weighted by Crippen LogP contribution is -2.17. The van der Waals surface area contributed by atoms with Gasteiger partial charge in [0.15, 0.2) is 5.65 Å². The Balaban J connectivity index is 1.97. The smallest absolute Gasteiger partial charge is 0.180 e. The van der Waals surface area contributed by atoms with Gasteiger partial charge >= 0.3 is 0 Å². The molecule has 1 aliphatic carbocycles. The van der Waals surface area contributed by atoms with E-state index < -0.39 is 6.10 Å². The molecule has 18 heavy (non-hydrogen) atoms. The fourth-order valence-corrected chi connectivity index (χ4v) is 2.50. The molecule has 2 heterocycles. The third kappa shape index (κ3) is 1.61. The second-order valence-corrected chi connectivity index (χ2v) is 4.63. The highest BCUT2D eigenvalue weighted by molar-refractivity contribution is 5.69. The highest BCUT2D eigenvalue weighted by Crippen LogP contribution is 2.40. The van der Waals surface area contributed by atoms with E-state index in [2.05, 4.69) is 26.5 Å². The lowest BCUT2D eigenvalue weighted by molar-refractivity contribution is 0.111. The Morgan fingerprint density at radius 1 is 1.50 bits per heavy atom. The first kappa shape index (κ1) is 11.3. The number of rotatable bonds is 2. The summed E-state index contributed by atoms with van der Waals surface area (Å²) in [7, 11) is 0. The van der Waals surface area contributed by atoms with Gasteiger partial charge in [0.05, 0.1) is 12.3 Å². The summed E-state index contributed by atoms with van der Waals surface area (Å²) < 4.78 is 0. The molecule has 3 N–H and O–H groups in total. The van der Waals surface area contributed by atoms with Crippen LogP contribution in [0.3, 0.4) is 0 Å². The van der Waals surface area contributed by atoms with Crippen LogP contribution in [0.5, 0.6) is 0 Å². The number of nitrogens with one attached hydrogen (secondary N) is 1. The zero-order valence-electron chi connectivity index (χ0n) is 9.74. The minimum Gasteiger partial charge on any atom is -0.396 e. The topological polar surface area (TPSA) is 94.9 Å². The normalized spacial score (nSPS) is 28.1. The van der Waals surface area contributed by atoms with Gasteiger partial charge in [0, 0.05) is 18.4 Å². The molecular formula is C12H14N4O2. The fraction of sp³-hybridized carbons (Fsp3) is 0.417. The molecule has 1 aliphatic rings. The first-order chi connectivity index (χ1) is 8.70. The number of imidazole rings is 1. The molecule has 3 unspecified atom stereocenters. The van der Waals surface area contributed by atoms with Crippen LogP contribution >= 0.6 is 0 Å². The van der Waals surface area contributed by atoms with Crippen LogP contribution in [-0.2, 0) is 0 Å². The molecular weight excluding hydrogens is 232 g/mol. The quantitative estimate of drug-likeness (QED) is 0.665. The van der Waals surface area contributed by atoms with Crippen molar-refractivity contribution < 1.29 is 10.2 Å². The van der Waals surface area contributed by atoms with Gasteiger partial charge in [-0.3, -0.25) is 0 Å². The van der Waals surface area contributed by atoms with E-state index in [9.17, 15) is 10.2 Å². The maximum Gasteiger partial charge on any atom is 0.180 e. The number of hydrogen-bond donors (Lipinski definition) is 3. The molecule has 0 aromatic carbocycles. The van der Waals surface area contributed by atoms with Crippen LogP contribution in [0.2, 0.25) is 0 Å². The SMILES string of the molecule is C=C1C(c2nc3ncncc3[nH]2)CC(CO)C1O. The van der Waals surface area contributed by atoms with Crippen molar-refractivity contribution in [3.05, 3.63) is 30.5 Å². The summed E-state index contributed by atoms with van der Waals surface area (Å²) in [5.41, 5.74) is 2.07. The van der Waals surface area contributed by atoms with Gasteiger partial charge in [-0.05, 0) is 12.0 Å². The highest BCUT2D eigenvalue weighted by atomic mass is 16.3. The number of hydrogen-bond acceptors (Lipinski definition) is 5. The Labute approximate surface area is 103 Å². The van der Waals surface area contributed by atoms with Crippen molar-refractivity contribution in [3.63, 3.8) is 0 Å². The van der Waals surface area contributed by atoms with E-state index in [-0.39, 0.29) is 18.4 Å². The first-order valence-electron chi connectivity index (χ1n) is 5.84. The van der Waals surface area contributed by atoms with E-state index in [1.54, 1.807) is 6.20 Å². The monoisotopic (exact) mass is 246 g/mol. The maximum atomic E-state index is 9.93. The summed E-state index contributed by atoms with van der Waals surface area (Å²) in [5.74, 6) is 0.499. The van der Waals surface area contributed by atoms with Crippen LogP contribution < -0.4 is 0 Å². The lowest BCUT2D eigenvalue weighted by atomic mass is 10.0. The zero-order valence-corrected chi connectivity index (χ0v) is 9.74. The van der Waals surface area contributed by atoms with Crippen molar-refractivity contribution in [1.29, 1.82) is 0 Å². The van der Waals surface area contributed by atoms with Crippen LogP contribution in [0.1, 0.15) is 18.2 Å². The van der Waals surface area contributed by atoms with Gasteiger partial charge in [-0.1, -0.05) is 6.58 Å². The van der Waals surface area contributed by atoms with Crippen molar-refractivity contribution in [2.45, 2.75) is 18.4 Å². The lowest BCUT2D eigenvalue weighted by Gasteiger charge is -2.10. The van der Waals surface area contributed by atoms with Gasteiger partial charge in [-0.15, -0.1) is 0 Å². The Hall–Kier alpha value is -1.79. The largest absolute Gasteiger partial charge is 0.396 e. The Bertz CT molecular complexity index is 562. The van der Waals surface area contributed by atoms with E-state index in [0.29, 0.717) is 17.6 Å². The number of fused-ring (bicyclic) bond motifs is 1. The third-order valence-electron chi connectivity index (χ3n) is 3.56. The van der Waals surface area contributed by atoms with Crippen molar-refractivity contribution in [2.24, 2.45) is 5.92 Å². The molecule has 0 bridgehead atoms. The molecule has 2 aromatic heterocycles. The third-order valence-corrected chi connectivity index (χ3v) is 3.56. The standard InChI is InChI=1S/C12H14N4O2/c1-6-8(2-7(4-17)10(6)18)11-15-9-3-13-5-14-12(9)16-11/h3,5,7-8,10,17-18H,1-2,4H2,(H,13,14,15,16). The average Bonchev–Trinajstić information content (AvgIpc) is 2.92. The van der Waals surface area contributed by atoms with Gasteiger partial charge in [0.1, 0.15) is 17.7 Å². The molecule has 6 heteroatoms. The van der Waals surface area contributed by atoms with Gasteiger partial charge < -0.3 is 15.2 Å². The van der Waals surface area contributed by atoms with Crippen LogP contribution in [0, 0.1) is 5.92 Å². The summed E-state index contributed by atoms with van der Waals surface area (Å²) in [5, 5.41) is 19.1. The molecule has 0 spiro atoms. The summed E-state index contributed by atoms with van der Waals surface area (Å²) >= 11 is 0. The second-order valence-electron chi connectivity index (χ2n) is 4.63. The van der Waals surface area contributed by atoms with Crippen LogP contribution in [0.15, 0.2) is 24.7 Å². The molecule has 1 fully saturated rings. The number of nitrogens with zero attached hydrogens (tertiary/aromatic N) is 3. The van der Waals surface area contributed by atoms with Crippen molar-refractivity contribution in [3.8, 4) is 0 Å². The summed E-state index contributed by atoms with van der Waals surface area (Å²) in [6, 6.07) is 0. The molecule has 3 atom stereocenters. The predicted molar refractivity (Wildman–Crippen MR) is 64.8 cm³/mol. The summed E-state index contributed by atoms with van der Waals surface area (Å²) in [6.07, 6.45) is 3.08. The first-order valence-corrected chi connectivity index (χ1v) is 5.84. The number of aliphatic hydroxyl groups is 2. The predicted octanol–water partition coefficient (Wildman–Crippen LogP) is 0.366. The van der Waals surface area contributed by atoms with Crippen LogP contribution in [0.4, 0.5) is 0 Å². The van der Waals surface area contributed by atoms with E-state index >= 15 is 0 Å². The van der Waals surface area contributed by atoms with E-state index in [4.69, 9.17) is 0 Å². The molecule has 0 aliphatic heterocycles. The fourth-order valence-electron chi connectivity index (χ4n) is 2.50. The molecule has 94 valence electrons. The van der Waals surface area contributed by atoms with Crippen molar-refractivity contribution in [1.82, 2.24) is 19.9 Å². The van der Waals surface area contributed by atoms with Gasteiger partial charge in [0.25, 0.3) is 0 Å². The molecule has 1 saturated carbocycles. The molecule has 2 aromatic rings. The van der Waals surface area contributed by atoms with Gasteiger partial charge in [-0.2, -0.15) is 0 Å². The number of aliphatic hydroxyl groups excluding tert-OH is 2. The van der Waals surface area contributed by atoms with Crippen molar-refractivity contribution in [2.75, 3.05) is 6.61 Å². The van der Waals surface area contributed by atoms with Crippen LogP contribution in [-0.4, -0.2) is 42.9 Å². The molecule has 3 rings (SSSR count). The molecule has 6 nitrogen and oxygen atoms in total. The van der Waals surface area contributed by atoms with E-state index in [0.717, 1.165) is 11.3 Å². The minimum absolute atomic E-state index is 0.0449. The maximum absolute atomic E-state index is 9.93. The molecule has 0 radical (unpaired) electrons. The number of H-pyrrole nitrogens is 1. The van der Waals surface area contributed by atoms with E-state index in [1.807, 2.05) is 0 Å². The van der Waals surface area contributed by atoms with Crippen LogP contribution in [0.25, 0.3) is 11.2 Å². The van der Waals surface area contributed by atoms with Gasteiger partial charge in [-0.25, -0.2) is 15.0 Å².